The van der Waals surface area contributed by atoms with Crippen LogP contribution >= 0.6 is 0 Å². The third kappa shape index (κ3) is 3.96. The Hall–Kier alpha value is -2.48. The predicted octanol–water partition coefficient (Wildman–Crippen LogP) is 0.549. The number of amides is 2. The summed E-state index contributed by atoms with van der Waals surface area (Å²) in [6.45, 7) is 3.96. The molecular formula is C17H24N6O2. The van der Waals surface area contributed by atoms with E-state index < -0.39 is 0 Å². The molecule has 0 spiro atoms. The second-order valence-corrected chi connectivity index (χ2v) is 6.76. The van der Waals surface area contributed by atoms with Gasteiger partial charge in [0.1, 0.15) is 0 Å². The Morgan fingerprint density at radius 2 is 2.08 bits per heavy atom. The van der Waals surface area contributed by atoms with Crippen molar-refractivity contribution in [1.29, 1.82) is 0 Å². The molecule has 2 amide bonds. The number of nitrogens with zero attached hydrogens (tertiary/aromatic N) is 4. The molecule has 2 aromatic rings. The summed E-state index contributed by atoms with van der Waals surface area (Å²) in [7, 11) is 3.53. The molecule has 2 aromatic heterocycles. The standard InChI is InChI=1S/C17H24N6O2/c1-11-14-8-12(9-18-16(14)21-20-11)17(25)19-13-4-6-23(7-5-13)10-15(24)22(2)3/h8-9,13H,4-7,10H2,1-3H3,(H,19,25)(H,18,20,21). The minimum absolute atomic E-state index is 0.109. The zero-order valence-corrected chi connectivity index (χ0v) is 14.9. The zero-order chi connectivity index (χ0) is 18.0. The molecule has 1 fully saturated rings. The van der Waals surface area contributed by atoms with Crippen LogP contribution in [-0.2, 0) is 4.79 Å². The molecule has 3 rings (SSSR count). The Kier molecular flexibility index (Phi) is 4.98. The van der Waals surface area contributed by atoms with Gasteiger partial charge in [-0.2, -0.15) is 5.10 Å². The van der Waals surface area contributed by atoms with Crippen LogP contribution in [0.4, 0.5) is 0 Å². The van der Waals surface area contributed by atoms with Gasteiger partial charge in [0.15, 0.2) is 5.65 Å². The van der Waals surface area contributed by atoms with Gasteiger partial charge in [-0.1, -0.05) is 0 Å². The number of hydrogen-bond donors (Lipinski definition) is 2. The Bertz CT molecular complexity index is 777. The fourth-order valence-corrected chi connectivity index (χ4v) is 2.98. The Morgan fingerprint density at radius 3 is 2.76 bits per heavy atom. The average molecular weight is 344 g/mol. The number of nitrogens with one attached hydrogen (secondary N) is 2. The van der Waals surface area contributed by atoms with Crippen LogP contribution < -0.4 is 5.32 Å². The largest absolute Gasteiger partial charge is 0.349 e. The molecule has 1 aliphatic heterocycles. The summed E-state index contributed by atoms with van der Waals surface area (Å²) in [6.07, 6.45) is 3.24. The van der Waals surface area contributed by atoms with Crippen LogP contribution in [-0.4, -0.2) is 76.6 Å². The van der Waals surface area contributed by atoms with Gasteiger partial charge in [-0.3, -0.25) is 19.6 Å². The van der Waals surface area contributed by atoms with Crippen LogP contribution in [0.25, 0.3) is 11.0 Å². The maximum atomic E-state index is 12.5. The van der Waals surface area contributed by atoms with Crippen molar-refractivity contribution in [1.82, 2.24) is 30.3 Å². The first-order valence-corrected chi connectivity index (χ1v) is 8.48. The van der Waals surface area contributed by atoms with E-state index in [4.69, 9.17) is 0 Å². The van der Waals surface area contributed by atoms with E-state index in [1.54, 1.807) is 25.2 Å². The molecule has 0 unspecified atom stereocenters. The topological polar surface area (TPSA) is 94.2 Å². The van der Waals surface area contributed by atoms with E-state index in [0.29, 0.717) is 17.8 Å². The molecule has 0 aromatic carbocycles. The van der Waals surface area contributed by atoms with Crippen LogP contribution in [0.2, 0.25) is 0 Å². The summed E-state index contributed by atoms with van der Waals surface area (Å²) in [5, 5.41) is 10.9. The van der Waals surface area contributed by atoms with E-state index in [9.17, 15) is 9.59 Å². The first-order valence-electron chi connectivity index (χ1n) is 8.48. The van der Waals surface area contributed by atoms with Gasteiger partial charge in [-0.15, -0.1) is 0 Å². The number of pyridine rings is 1. The molecule has 134 valence electrons. The summed E-state index contributed by atoms with van der Waals surface area (Å²) < 4.78 is 0. The molecular weight excluding hydrogens is 320 g/mol. The third-order valence-corrected chi connectivity index (χ3v) is 4.64. The van der Waals surface area contributed by atoms with Gasteiger partial charge in [0.25, 0.3) is 5.91 Å². The van der Waals surface area contributed by atoms with E-state index in [-0.39, 0.29) is 17.9 Å². The highest BCUT2D eigenvalue weighted by Crippen LogP contribution is 2.16. The average Bonchev–Trinajstić information content (AvgIpc) is 2.97. The monoisotopic (exact) mass is 344 g/mol. The molecule has 0 radical (unpaired) electrons. The van der Waals surface area contributed by atoms with Crippen molar-refractivity contribution in [2.45, 2.75) is 25.8 Å². The third-order valence-electron chi connectivity index (χ3n) is 4.64. The first kappa shape index (κ1) is 17.3. The maximum absolute atomic E-state index is 12.5. The van der Waals surface area contributed by atoms with E-state index in [1.807, 2.05) is 13.0 Å². The van der Waals surface area contributed by atoms with Crippen LogP contribution in [0, 0.1) is 6.92 Å². The van der Waals surface area contributed by atoms with E-state index >= 15 is 0 Å². The van der Waals surface area contributed by atoms with Crippen molar-refractivity contribution in [3.8, 4) is 0 Å². The molecule has 25 heavy (non-hydrogen) atoms. The fourth-order valence-electron chi connectivity index (χ4n) is 2.98. The van der Waals surface area contributed by atoms with Crippen molar-refractivity contribution in [3.05, 3.63) is 23.5 Å². The minimum atomic E-state index is -0.113. The van der Waals surface area contributed by atoms with E-state index in [2.05, 4.69) is 25.4 Å². The number of hydrogen-bond acceptors (Lipinski definition) is 5. The van der Waals surface area contributed by atoms with Crippen molar-refractivity contribution < 1.29 is 9.59 Å². The Morgan fingerprint density at radius 1 is 1.36 bits per heavy atom. The highest BCUT2D eigenvalue weighted by Gasteiger charge is 2.23. The summed E-state index contributed by atoms with van der Waals surface area (Å²) in [4.78, 5) is 32.2. The molecule has 2 N–H and O–H groups in total. The molecule has 0 saturated carbocycles. The lowest BCUT2D eigenvalue weighted by Gasteiger charge is -2.32. The number of carbonyl (C=O) groups is 2. The Labute approximate surface area is 146 Å². The number of piperidine rings is 1. The van der Waals surface area contributed by atoms with Gasteiger partial charge >= 0.3 is 0 Å². The molecule has 8 nitrogen and oxygen atoms in total. The zero-order valence-electron chi connectivity index (χ0n) is 14.9. The van der Waals surface area contributed by atoms with Crippen molar-refractivity contribution in [3.63, 3.8) is 0 Å². The fraction of sp³-hybridized carbons (Fsp3) is 0.529. The second kappa shape index (κ2) is 7.18. The number of likely N-dealkylation sites (tertiary alicyclic amines) is 1. The van der Waals surface area contributed by atoms with Crippen molar-refractivity contribution >= 4 is 22.8 Å². The van der Waals surface area contributed by atoms with Crippen LogP contribution in [0.1, 0.15) is 28.9 Å². The summed E-state index contributed by atoms with van der Waals surface area (Å²) in [6, 6.07) is 1.95. The molecule has 1 aliphatic rings. The van der Waals surface area contributed by atoms with Crippen molar-refractivity contribution in [2.24, 2.45) is 0 Å². The molecule has 0 atom stereocenters. The van der Waals surface area contributed by atoms with Crippen molar-refractivity contribution in [2.75, 3.05) is 33.7 Å². The number of aromatic amines is 1. The van der Waals surface area contributed by atoms with Gasteiger partial charge in [-0.05, 0) is 25.8 Å². The first-order chi connectivity index (χ1) is 11.9. The lowest BCUT2D eigenvalue weighted by atomic mass is 10.0. The summed E-state index contributed by atoms with van der Waals surface area (Å²) >= 11 is 0. The number of rotatable bonds is 4. The normalized spacial score (nSPS) is 16.1. The number of fused-ring (bicyclic) bond motifs is 1. The number of aryl methyl sites for hydroxylation is 1. The summed E-state index contributed by atoms with van der Waals surface area (Å²) in [5.41, 5.74) is 2.06. The SMILES string of the molecule is Cc1[nH]nc2ncc(C(=O)NC3CCN(CC(=O)N(C)C)CC3)cc12. The predicted molar refractivity (Wildman–Crippen MR) is 94.2 cm³/mol. The van der Waals surface area contributed by atoms with Crippen LogP contribution in [0.15, 0.2) is 12.3 Å². The smallest absolute Gasteiger partial charge is 0.253 e. The van der Waals surface area contributed by atoms with Gasteiger partial charge in [0.05, 0.1) is 12.1 Å². The quantitative estimate of drug-likeness (QED) is 0.845. The van der Waals surface area contributed by atoms with Gasteiger partial charge < -0.3 is 10.2 Å². The highest BCUT2D eigenvalue weighted by molar-refractivity contribution is 5.97. The van der Waals surface area contributed by atoms with Crippen LogP contribution in [0.3, 0.4) is 0 Å². The molecule has 1 saturated heterocycles. The molecule has 3 heterocycles. The van der Waals surface area contributed by atoms with Gasteiger partial charge in [0, 0.05) is 50.5 Å². The summed E-state index contributed by atoms with van der Waals surface area (Å²) in [5.74, 6) is -0.00448. The molecule has 0 aliphatic carbocycles. The Balaban J connectivity index is 1.55. The minimum Gasteiger partial charge on any atom is -0.349 e. The number of H-pyrrole nitrogens is 1. The van der Waals surface area contributed by atoms with Crippen LogP contribution in [0.5, 0.6) is 0 Å². The molecule has 0 bridgehead atoms. The highest BCUT2D eigenvalue weighted by atomic mass is 16.2. The van der Waals surface area contributed by atoms with E-state index in [0.717, 1.165) is 37.0 Å². The maximum Gasteiger partial charge on any atom is 0.253 e. The number of aromatic nitrogens is 3. The van der Waals surface area contributed by atoms with E-state index in [1.165, 1.54) is 0 Å². The lowest BCUT2D eigenvalue weighted by molar-refractivity contribution is -0.130. The number of carbonyl (C=O) groups excluding carboxylic acids is 2. The number of likely N-dealkylation sites (N-methyl/N-ethyl adjacent to an activating group) is 1. The lowest BCUT2D eigenvalue weighted by Crippen LogP contribution is -2.47. The van der Waals surface area contributed by atoms with Gasteiger partial charge in [0.2, 0.25) is 5.91 Å². The second-order valence-electron chi connectivity index (χ2n) is 6.76. The van der Waals surface area contributed by atoms with Gasteiger partial charge in [-0.25, -0.2) is 4.98 Å². The molecule has 8 heteroatoms.